The number of hydrogen-bond acceptors (Lipinski definition) is 3. The van der Waals surface area contributed by atoms with Gasteiger partial charge >= 0.3 is 0 Å². The second kappa shape index (κ2) is 3.72. The summed E-state index contributed by atoms with van der Waals surface area (Å²) in [5.74, 6) is 0.258. The fraction of sp³-hybridized carbons (Fsp3) is 0.100. The third kappa shape index (κ3) is 1.88. The van der Waals surface area contributed by atoms with E-state index < -0.39 is 0 Å². The Morgan fingerprint density at radius 3 is 2.57 bits per heavy atom. The van der Waals surface area contributed by atoms with Gasteiger partial charge in [0, 0.05) is 23.5 Å². The Balaban J connectivity index is 2.24. The molecule has 0 saturated carbocycles. The molecule has 0 saturated heterocycles. The number of phenols is 1. The van der Waals surface area contributed by atoms with Crippen molar-refractivity contribution in [1.82, 2.24) is 4.42 Å². The van der Waals surface area contributed by atoms with E-state index in [9.17, 15) is 0 Å². The molecule has 14 heavy (non-hydrogen) atoms. The van der Waals surface area contributed by atoms with Crippen molar-refractivity contribution in [3.63, 3.8) is 0 Å². The third-order valence-electron chi connectivity index (χ3n) is 1.93. The summed E-state index contributed by atoms with van der Waals surface area (Å²) in [7, 11) is 0. The average molecular weight is 209 g/mol. The molecule has 0 spiro atoms. The monoisotopic (exact) mass is 208 g/mol. The number of phenolic OH excluding ortho intramolecular Hbond substituents is 1. The quantitative estimate of drug-likeness (QED) is 0.718. The first-order valence-corrected chi connectivity index (χ1v) is 4.54. The molecule has 0 radical (unpaired) electrons. The highest BCUT2D eigenvalue weighted by Gasteiger charge is 2.05. The van der Waals surface area contributed by atoms with Crippen molar-refractivity contribution in [3.8, 4) is 5.75 Å². The first-order valence-electron chi connectivity index (χ1n) is 4.20. The molecule has 1 aromatic rings. The Morgan fingerprint density at radius 2 is 2.00 bits per heavy atom. The van der Waals surface area contributed by atoms with Crippen molar-refractivity contribution < 1.29 is 5.11 Å². The molecule has 0 bridgehead atoms. The molecule has 72 valence electrons. The highest BCUT2D eigenvalue weighted by atomic mass is 35.5. The Bertz CT molecular complexity index is 384. The number of aromatic hydroxyl groups is 1. The molecule has 1 aromatic carbocycles. The van der Waals surface area contributed by atoms with E-state index in [-0.39, 0.29) is 5.75 Å². The van der Waals surface area contributed by atoms with Gasteiger partial charge in [0.1, 0.15) is 12.4 Å². The molecular weight excluding hydrogens is 200 g/mol. The van der Waals surface area contributed by atoms with E-state index in [0.29, 0.717) is 6.67 Å². The number of hydrogen-bond donors (Lipinski definition) is 1. The van der Waals surface area contributed by atoms with E-state index in [2.05, 4.69) is 4.99 Å². The maximum absolute atomic E-state index is 9.11. The van der Waals surface area contributed by atoms with Crippen LogP contribution in [0.25, 0.3) is 0 Å². The van der Waals surface area contributed by atoms with Gasteiger partial charge in [0.25, 0.3) is 0 Å². The van der Waals surface area contributed by atoms with E-state index >= 15 is 0 Å². The molecule has 1 heterocycles. The van der Waals surface area contributed by atoms with Gasteiger partial charge in [-0.1, -0.05) is 0 Å². The lowest BCUT2D eigenvalue weighted by Crippen LogP contribution is -2.12. The molecule has 3 nitrogen and oxygen atoms in total. The molecule has 4 heteroatoms. The Kier molecular flexibility index (Phi) is 2.41. The molecule has 1 aliphatic heterocycles. The summed E-state index contributed by atoms with van der Waals surface area (Å²) in [5.41, 5.74) is 1.85. The lowest BCUT2D eigenvalue weighted by molar-refractivity contribution is 0.475. The van der Waals surface area contributed by atoms with E-state index in [0.717, 1.165) is 11.3 Å². The lowest BCUT2D eigenvalue weighted by atomic mass is 10.1. The summed E-state index contributed by atoms with van der Waals surface area (Å²) in [6.45, 7) is 0.453. The van der Waals surface area contributed by atoms with Crippen molar-refractivity contribution in [3.05, 3.63) is 42.1 Å². The Morgan fingerprint density at radius 1 is 1.29 bits per heavy atom. The fourth-order valence-corrected chi connectivity index (χ4v) is 1.32. The summed E-state index contributed by atoms with van der Waals surface area (Å²) in [5, 5.41) is 9.11. The third-order valence-corrected chi connectivity index (χ3v) is 2.15. The first-order chi connectivity index (χ1) is 6.75. The first kappa shape index (κ1) is 9.09. The van der Waals surface area contributed by atoms with E-state index in [1.165, 1.54) is 4.42 Å². The molecule has 0 aliphatic carbocycles. The predicted molar refractivity (Wildman–Crippen MR) is 56.3 cm³/mol. The van der Waals surface area contributed by atoms with Crippen molar-refractivity contribution in [2.24, 2.45) is 4.99 Å². The summed E-state index contributed by atoms with van der Waals surface area (Å²) >= 11 is 5.69. The van der Waals surface area contributed by atoms with Gasteiger partial charge in [-0.2, -0.15) is 0 Å². The molecule has 0 unspecified atom stereocenters. The standard InChI is InChI=1S/C10H9ClN2O/c11-13-6-5-10(12-7-13)8-1-3-9(14)4-2-8/h1-6,14H,7H2. The van der Waals surface area contributed by atoms with Gasteiger partial charge < -0.3 is 5.11 Å². The number of allylic oxidation sites excluding steroid dienone is 1. The Labute approximate surface area is 87.1 Å². The van der Waals surface area contributed by atoms with Gasteiger partial charge in [0.05, 0.1) is 5.71 Å². The highest BCUT2D eigenvalue weighted by molar-refractivity contribution is 6.16. The largest absolute Gasteiger partial charge is 0.508 e. The van der Waals surface area contributed by atoms with Crippen LogP contribution in [0.4, 0.5) is 0 Å². The van der Waals surface area contributed by atoms with Gasteiger partial charge in [0.2, 0.25) is 0 Å². The van der Waals surface area contributed by atoms with E-state index in [1.807, 2.05) is 18.2 Å². The van der Waals surface area contributed by atoms with Crippen LogP contribution in [0.1, 0.15) is 5.56 Å². The summed E-state index contributed by atoms with van der Waals surface area (Å²) in [4.78, 5) is 4.25. The SMILES string of the molecule is Oc1ccc(C2=NCN(Cl)C=C2)cc1. The topological polar surface area (TPSA) is 35.8 Å². The minimum atomic E-state index is 0.258. The molecule has 1 N–H and O–H groups in total. The second-order valence-electron chi connectivity index (χ2n) is 2.95. The second-order valence-corrected chi connectivity index (χ2v) is 3.38. The number of nitrogens with zero attached hydrogens (tertiary/aromatic N) is 2. The molecule has 0 amide bonds. The molecular formula is C10H9ClN2O. The zero-order valence-electron chi connectivity index (χ0n) is 7.39. The number of benzene rings is 1. The van der Waals surface area contributed by atoms with Crippen LogP contribution in [0.2, 0.25) is 0 Å². The molecule has 0 atom stereocenters. The zero-order valence-corrected chi connectivity index (χ0v) is 8.15. The fourth-order valence-electron chi connectivity index (χ4n) is 1.21. The van der Waals surface area contributed by atoms with Gasteiger partial charge in [-0.05, 0) is 30.3 Å². The molecule has 1 aliphatic rings. The lowest BCUT2D eigenvalue weighted by Gasteiger charge is -2.13. The van der Waals surface area contributed by atoms with Crippen molar-refractivity contribution >= 4 is 17.5 Å². The van der Waals surface area contributed by atoms with Gasteiger partial charge in [-0.3, -0.25) is 9.41 Å². The smallest absolute Gasteiger partial charge is 0.125 e. The summed E-state index contributed by atoms with van der Waals surface area (Å²) in [6.07, 6.45) is 3.60. The van der Waals surface area contributed by atoms with Crippen molar-refractivity contribution in [2.75, 3.05) is 6.67 Å². The molecule has 0 aromatic heterocycles. The number of halogens is 1. The van der Waals surface area contributed by atoms with Crippen LogP contribution in [0.15, 0.2) is 41.5 Å². The van der Waals surface area contributed by atoms with E-state index in [1.54, 1.807) is 18.3 Å². The molecule has 0 fully saturated rings. The maximum atomic E-state index is 9.11. The average Bonchev–Trinajstić information content (AvgIpc) is 2.21. The minimum absolute atomic E-state index is 0.258. The van der Waals surface area contributed by atoms with E-state index in [4.69, 9.17) is 16.9 Å². The number of aliphatic imine (C=N–C) groups is 1. The van der Waals surface area contributed by atoms with Gasteiger partial charge in [0.15, 0.2) is 0 Å². The van der Waals surface area contributed by atoms with Crippen LogP contribution in [-0.2, 0) is 0 Å². The van der Waals surface area contributed by atoms with Crippen molar-refractivity contribution in [2.45, 2.75) is 0 Å². The van der Waals surface area contributed by atoms with Crippen LogP contribution >= 0.6 is 11.8 Å². The van der Waals surface area contributed by atoms with Crippen LogP contribution in [0.5, 0.6) is 5.75 Å². The zero-order chi connectivity index (χ0) is 9.97. The van der Waals surface area contributed by atoms with Crippen LogP contribution < -0.4 is 0 Å². The minimum Gasteiger partial charge on any atom is -0.508 e. The number of rotatable bonds is 1. The van der Waals surface area contributed by atoms with Crippen LogP contribution in [0.3, 0.4) is 0 Å². The highest BCUT2D eigenvalue weighted by Crippen LogP contribution is 2.13. The normalized spacial score (nSPS) is 15.5. The van der Waals surface area contributed by atoms with Crippen LogP contribution in [-0.4, -0.2) is 21.9 Å². The Hall–Kier alpha value is -1.48. The van der Waals surface area contributed by atoms with Crippen LogP contribution in [0, 0.1) is 0 Å². The maximum Gasteiger partial charge on any atom is 0.125 e. The van der Waals surface area contributed by atoms with Crippen molar-refractivity contribution in [1.29, 1.82) is 0 Å². The summed E-state index contributed by atoms with van der Waals surface area (Å²) < 4.78 is 1.48. The van der Waals surface area contributed by atoms with Gasteiger partial charge in [-0.15, -0.1) is 0 Å². The molecule has 2 rings (SSSR count). The predicted octanol–water partition coefficient (Wildman–Crippen LogP) is 2.12. The van der Waals surface area contributed by atoms with Gasteiger partial charge in [-0.25, -0.2) is 0 Å². The summed E-state index contributed by atoms with van der Waals surface area (Å²) in [6, 6.07) is 6.92.